The Morgan fingerprint density at radius 3 is 2.90 bits per heavy atom. The fourth-order valence-electron chi connectivity index (χ4n) is 3.66. The number of hydrogen-bond donors (Lipinski definition) is 2. The SMILES string of the molecule is CCOc1cccc2c(C)nc(NC3=NCN(Cc4ccc5c(c4)OCO5)CN3)nc12. The summed E-state index contributed by atoms with van der Waals surface area (Å²) < 4.78 is 16.6. The minimum absolute atomic E-state index is 0.283. The van der Waals surface area contributed by atoms with Crippen LogP contribution in [-0.2, 0) is 6.54 Å². The predicted octanol–water partition coefficient (Wildman–Crippen LogP) is 2.85. The topological polar surface area (TPSA) is 93.1 Å². The van der Waals surface area contributed by atoms with Crippen LogP contribution in [0.15, 0.2) is 41.4 Å². The fraction of sp³-hybridized carbons (Fsp3) is 0.318. The lowest BCUT2D eigenvalue weighted by Crippen LogP contribution is -2.45. The van der Waals surface area contributed by atoms with Crippen LogP contribution in [0.2, 0.25) is 0 Å². The van der Waals surface area contributed by atoms with Gasteiger partial charge in [-0.15, -0.1) is 0 Å². The van der Waals surface area contributed by atoms with Crippen molar-refractivity contribution < 1.29 is 14.2 Å². The zero-order valence-electron chi connectivity index (χ0n) is 17.5. The van der Waals surface area contributed by atoms with Crippen molar-refractivity contribution in [2.24, 2.45) is 4.99 Å². The molecule has 2 aromatic carbocycles. The molecule has 3 heterocycles. The summed E-state index contributed by atoms with van der Waals surface area (Å²) in [6.07, 6.45) is 0. The molecule has 0 fully saturated rings. The van der Waals surface area contributed by atoms with E-state index in [-0.39, 0.29) is 6.79 Å². The Kier molecular flexibility index (Phi) is 5.17. The van der Waals surface area contributed by atoms with E-state index >= 15 is 0 Å². The van der Waals surface area contributed by atoms with Gasteiger partial charge in [0.15, 0.2) is 11.5 Å². The van der Waals surface area contributed by atoms with Crippen molar-refractivity contribution in [2.75, 3.05) is 32.1 Å². The van der Waals surface area contributed by atoms with E-state index in [0.29, 0.717) is 31.9 Å². The summed E-state index contributed by atoms with van der Waals surface area (Å²) in [7, 11) is 0. The minimum Gasteiger partial charge on any atom is -0.492 e. The highest BCUT2D eigenvalue weighted by Crippen LogP contribution is 2.33. The largest absolute Gasteiger partial charge is 0.492 e. The van der Waals surface area contributed by atoms with Crippen LogP contribution in [0.4, 0.5) is 5.95 Å². The van der Waals surface area contributed by atoms with E-state index in [4.69, 9.17) is 14.2 Å². The molecule has 9 heteroatoms. The molecular weight excluding hydrogens is 396 g/mol. The van der Waals surface area contributed by atoms with E-state index in [9.17, 15) is 0 Å². The molecule has 2 N–H and O–H groups in total. The number of aromatic nitrogens is 2. The number of aliphatic imine (C=N–C) groups is 1. The molecule has 0 aliphatic carbocycles. The molecule has 31 heavy (non-hydrogen) atoms. The lowest BCUT2D eigenvalue weighted by Gasteiger charge is -2.27. The van der Waals surface area contributed by atoms with E-state index in [1.807, 2.05) is 50.2 Å². The van der Waals surface area contributed by atoms with E-state index < -0.39 is 0 Å². The number of ether oxygens (including phenoxy) is 3. The van der Waals surface area contributed by atoms with Crippen LogP contribution < -0.4 is 24.8 Å². The second kappa shape index (κ2) is 8.27. The maximum Gasteiger partial charge on any atom is 0.231 e. The van der Waals surface area contributed by atoms with E-state index in [2.05, 4.69) is 30.5 Å². The Bertz CT molecular complexity index is 1150. The number of nitrogens with one attached hydrogen (secondary N) is 2. The molecule has 0 radical (unpaired) electrons. The predicted molar refractivity (Wildman–Crippen MR) is 117 cm³/mol. The molecule has 0 saturated heterocycles. The minimum atomic E-state index is 0.283. The fourth-order valence-corrected chi connectivity index (χ4v) is 3.66. The van der Waals surface area contributed by atoms with E-state index in [1.165, 1.54) is 0 Å². The second-order valence-electron chi connectivity index (χ2n) is 7.34. The summed E-state index contributed by atoms with van der Waals surface area (Å²) in [5.74, 6) is 3.48. The molecule has 0 amide bonds. The zero-order chi connectivity index (χ0) is 21.2. The molecule has 2 aliphatic rings. The molecule has 9 nitrogen and oxygen atoms in total. The third-order valence-electron chi connectivity index (χ3n) is 5.15. The summed E-state index contributed by atoms with van der Waals surface area (Å²) in [6, 6.07) is 11.9. The number of anilines is 1. The van der Waals surface area contributed by atoms with Gasteiger partial charge in [-0.25, -0.2) is 15.0 Å². The van der Waals surface area contributed by atoms with Crippen molar-refractivity contribution in [3.63, 3.8) is 0 Å². The molecule has 5 rings (SSSR count). The Hall–Kier alpha value is -3.59. The van der Waals surface area contributed by atoms with Crippen LogP contribution >= 0.6 is 0 Å². The van der Waals surface area contributed by atoms with Gasteiger partial charge in [0, 0.05) is 11.9 Å². The van der Waals surface area contributed by atoms with Gasteiger partial charge in [-0.05, 0) is 37.6 Å². The van der Waals surface area contributed by atoms with Crippen LogP contribution in [0.3, 0.4) is 0 Å². The van der Waals surface area contributed by atoms with Crippen LogP contribution in [0, 0.1) is 6.92 Å². The Balaban J connectivity index is 1.27. The maximum atomic E-state index is 5.73. The molecule has 2 aliphatic heterocycles. The maximum absolute atomic E-state index is 5.73. The highest BCUT2D eigenvalue weighted by molar-refractivity contribution is 5.94. The number of benzene rings is 2. The Morgan fingerprint density at radius 1 is 1.16 bits per heavy atom. The van der Waals surface area contributed by atoms with E-state index in [0.717, 1.165) is 46.0 Å². The Labute approximate surface area is 180 Å². The van der Waals surface area contributed by atoms with Gasteiger partial charge in [0.2, 0.25) is 18.7 Å². The molecular formula is C22H24N6O3. The average molecular weight is 420 g/mol. The van der Waals surface area contributed by atoms with Crippen molar-refractivity contribution >= 4 is 22.8 Å². The molecule has 0 spiro atoms. The summed E-state index contributed by atoms with van der Waals surface area (Å²) in [6.45, 7) is 6.75. The van der Waals surface area contributed by atoms with E-state index in [1.54, 1.807) is 0 Å². The van der Waals surface area contributed by atoms with Crippen molar-refractivity contribution in [1.29, 1.82) is 0 Å². The van der Waals surface area contributed by atoms with Gasteiger partial charge in [0.25, 0.3) is 0 Å². The average Bonchev–Trinajstić information content (AvgIpc) is 3.24. The van der Waals surface area contributed by atoms with Gasteiger partial charge in [-0.3, -0.25) is 10.2 Å². The molecule has 0 bridgehead atoms. The van der Waals surface area contributed by atoms with Crippen molar-refractivity contribution in [2.45, 2.75) is 20.4 Å². The number of rotatable bonds is 5. The lowest BCUT2D eigenvalue weighted by molar-refractivity contribution is 0.174. The zero-order valence-corrected chi connectivity index (χ0v) is 17.5. The first kappa shape index (κ1) is 19.4. The number of nitrogens with zero attached hydrogens (tertiary/aromatic N) is 4. The number of fused-ring (bicyclic) bond motifs is 2. The second-order valence-corrected chi connectivity index (χ2v) is 7.34. The smallest absolute Gasteiger partial charge is 0.231 e. The quantitative estimate of drug-likeness (QED) is 0.651. The van der Waals surface area contributed by atoms with Crippen LogP contribution in [0.1, 0.15) is 18.2 Å². The summed E-state index contributed by atoms with van der Waals surface area (Å²) >= 11 is 0. The van der Waals surface area contributed by atoms with Crippen molar-refractivity contribution in [3.8, 4) is 17.2 Å². The van der Waals surface area contributed by atoms with Gasteiger partial charge in [-0.2, -0.15) is 0 Å². The first-order valence-electron chi connectivity index (χ1n) is 10.3. The number of guanidine groups is 1. The van der Waals surface area contributed by atoms with Crippen LogP contribution in [0.5, 0.6) is 17.2 Å². The van der Waals surface area contributed by atoms with Crippen LogP contribution in [-0.4, -0.2) is 47.6 Å². The number of hydrogen-bond acceptors (Lipinski definition) is 9. The first-order valence-corrected chi connectivity index (χ1v) is 10.3. The summed E-state index contributed by atoms with van der Waals surface area (Å²) in [5, 5.41) is 7.47. The molecule has 160 valence electrons. The van der Waals surface area contributed by atoms with Gasteiger partial charge in [-0.1, -0.05) is 18.2 Å². The van der Waals surface area contributed by atoms with Crippen molar-refractivity contribution in [1.82, 2.24) is 20.2 Å². The van der Waals surface area contributed by atoms with Gasteiger partial charge in [0.1, 0.15) is 11.3 Å². The van der Waals surface area contributed by atoms with Gasteiger partial charge >= 0.3 is 0 Å². The monoisotopic (exact) mass is 420 g/mol. The highest BCUT2D eigenvalue weighted by atomic mass is 16.7. The number of para-hydroxylation sites is 1. The van der Waals surface area contributed by atoms with Crippen molar-refractivity contribution in [3.05, 3.63) is 47.7 Å². The molecule has 0 atom stereocenters. The molecule has 1 aromatic heterocycles. The summed E-state index contributed by atoms with van der Waals surface area (Å²) in [5.41, 5.74) is 2.82. The first-order chi connectivity index (χ1) is 15.2. The van der Waals surface area contributed by atoms with Gasteiger partial charge in [0.05, 0.1) is 25.6 Å². The summed E-state index contributed by atoms with van der Waals surface area (Å²) in [4.78, 5) is 16.0. The lowest BCUT2D eigenvalue weighted by atomic mass is 10.2. The molecule has 0 saturated carbocycles. The third kappa shape index (κ3) is 4.04. The number of aryl methyl sites for hydroxylation is 1. The standard InChI is InChI=1S/C22H24N6O3/c1-3-29-18-6-4-5-16-14(2)25-22(26-20(16)18)27-21-23-11-28(12-24-21)10-15-7-8-17-19(9-15)31-13-30-17/h4-9H,3,10-13H2,1-2H3,(H2,23,24,25,26,27). The van der Waals surface area contributed by atoms with Crippen LogP contribution in [0.25, 0.3) is 10.9 Å². The normalized spacial score (nSPS) is 15.5. The molecule has 0 unspecified atom stereocenters. The Morgan fingerprint density at radius 2 is 2.06 bits per heavy atom. The van der Waals surface area contributed by atoms with Gasteiger partial charge < -0.3 is 19.5 Å². The third-order valence-corrected chi connectivity index (χ3v) is 5.15. The highest BCUT2D eigenvalue weighted by Gasteiger charge is 2.17. The molecule has 3 aromatic rings.